The van der Waals surface area contributed by atoms with Crippen molar-refractivity contribution in [2.75, 3.05) is 13.1 Å². The maximum atomic E-state index is 13.7. The molecular weight excluding hydrogens is 584 g/mol. The number of likely N-dealkylation sites (tertiary alicyclic amines) is 1. The minimum atomic E-state index is -4.07. The van der Waals surface area contributed by atoms with E-state index in [9.17, 15) is 17.6 Å². The lowest BCUT2D eigenvalue weighted by atomic mass is 9.86. The van der Waals surface area contributed by atoms with Crippen LogP contribution in [0.15, 0.2) is 65.6 Å². The fraction of sp³-hybridized carbons (Fsp3) is 0.387. The summed E-state index contributed by atoms with van der Waals surface area (Å²) >= 11 is 12.0. The molecule has 3 aromatic carbocycles. The molecule has 0 aromatic heterocycles. The van der Waals surface area contributed by atoms with Gasteiger partial charge in [0.15, 0.2) is 0 Å². The van der Waals surface area contributed by atoms with Crippen molar-refractivity contribution in [1.29, 1.82) is 0 Å². The van der Waals surface area contributed by atoms with E-state index in [4.69, 9.17) is 23.2 Å². The molecule has 6 nitrogen and oxygen atoms in total. The van der Waals surface area contributed by atoms with Crippen LogP contribution in [0, 0.1) is 5.82 Å². The summed E-state index contributed by atoms with van der Waals surface area (Å²) in [7, 11) is -4.07. The zero-order valence-corrected chi connectivity index (χ0v) is 25.0. The van der Waals surface area contributed by atoms with Gasteiger partial charge < -0.3 is 5.32 Å². The van der Waals surface area contributed by atoms with Crippen LogP contribution in [0.2, 0.25) is 10.0 Å². The van der Waals surface area contributed by atoms with E-state index in [2.05, 4.69) is 33.1 Å². The third-order valence-corrected chi connectivity index (χ3v) is 10.1. The molecule has 2 atom stereocenters. The molecule has 10 heteroatoms. The Hall–Kier alpha value is -2.49. The molecule has 0 radical (unpaired) electrons. The molecule has 1 amide bonds. The molecule has 218 valence electrons. The number of sulfonamides is 1. The lowest BCUT2D eigenvalue weighted by Crippen LogP contribution is -2.36. The zero-order valence-electron chi connectivity index (χ0n) is 22.7. The summed E-state index contributed by atoms with van der Waals surface area (Å²) in [4.78, 5) is 15.8. The van der Waals surface area contributed by atoms with Crippen LogP contribution < -0.4 is 10.0 Å². The number of nitrogens with zero attached hydrogens (tertiary/aromatic N) is 1. The van der Waals surface area contributed by atoms with Gasteiger partial charge in [-0.2, -0.15) is 0 Å². The van der Waals surface area contributed by atoms with Crippen LogP contribution in [0.25, 0.3) is 0 Å². The number of rotatable bonds is 9. The van der Waals surface area contributed by atoms with Crippen LogP contribution in [0.3, 0.4) is 0 Å². The molecule has 3 aromatic rings. The molecule has 0 bridgehead atoms. The highest BCUT2D eigenvalue weighted by Crippen LogP contribution is 2.32. The van der Waals surface area contributed by atoms with Gasteiger partial charge in [-0.25, -0.2) is 17.5 Å². The molecule has 1 heterocycles. The first-order valence-electron chi connectivity index (χ1n) is 14.0. The Bertz CT molecular complexity index is 1490. The van der Waals surface area contributed by atoms with Crippen molar-refractivity contribution in [2.45, 2.75) is 68.5 Å². The lowest BCUT2D eigenvalue weighted by molar-refractivity contribution is -0.122. The Kier molecular flexibility index (Phi) is 9.66. The second kappa shape index (κ2) is 13.2. The second-order valence-electron chi connectivity index (χ2n) is 10.9. The van der Waals surface area contributed by atoms with Gasteiger partial charge >= 0.3 is 0 Å². The van der Waals surface area contributed by atoms with Gasteiger partial charge in [0.1, 0.15) is 5.82 Å². The summed E-state index contributed by atoms with van der Waals surface area (Å²) in [5, 5.41) is 3.46. The zero-order chi connectivity index (χ0) is 29.0. The van der Waals surface area contributed by atoms with Gasteiger partial charge in [-0.15, -0.1) is 0 Å². The topological polar surface area (TPSA) is 78.5 Å². The van der Waals surface area contributed by atoms with Crippen LogP contribution in [-0.4, -0.2) is 32.3 Å². The Morgan fingerprint density at radius 2 is 1.71 bits per heavy atom. The van der Waals surface area contributed by atoms with Gasteiger partial charge in [0, 0.05) is 13.0 Å². The second-order valence-corrected chi connectivity index (χ2v) is 13.4. The van der Waals surface area contributed by atoms with Crippen molar-refractivity contribution in [3.8, 4) is 0 Å². The normalized spacial score (nSPS) is 18.5. The summed E-state index contributed by atoms with van der Waals surface area (Å²) < 4.78 is 42.7. The number of hydrogen-bond donors (Lipinski definition) is 2. The van der Waals surface area contributed by atoms with Crippen LogP contribution >= 0.6 is 23.2 Å². The number of hydrogen-bond acceptors (Lipinski definition) is 4. The molecule has 1 fully saturated rings. The molecule has 2 N–H and O–H groups in total. The van der Waals surface area contributed by atoms with Gasteiger partial charge in [-0.3, -0.25) is 9.69 Å². The first kappa shape index (κ1) is 30.0. The van der Waals surface area contributed by atoms with E-state index in [0.29, 0.717) is 5.56 Å². The average molecular weight is 619 g/mol. The van der Waals surface area contributed by atoms with Crippen LogP contribution in [0.4, 0.5) is 4.39 Å². The highest BCUT2D eigenvalue weighted by molar-refractivity contribution is 7.89. The number of halogens is 3. The van der Waals surface area contributed by atoms with Crippen molar-refractivity contribution in [3.05, 3.63) is 98.8 Å². The Morgan fingerprint density at radius 3 is 2.44 bits per heavy atom. The Labute approximate surface area is 251 Å². The SMILES string of the molecule is O=C(CC(NS(=O)(=O)c1ccc(Cl)c(Cl)c1)c1ccc(F)cc1)NC1CCCc2cc(CN3CCCCC3)ccc21. The molecule has 1 aliphatic heterocycles. The monoisotopic (exact) mass is 617 g/mol. The third kappa shape index (κ3) is 7.67. The van der Waals surface area contributed by atoms with E-state index in [1.54, 1.807) is 0 Å². The highest BCUT2D eigenvalue weighted by atomic mass is 35.5. The van der Waals surface area contributed by atoms with E-state index in [0.717, 1.165) is 44.5 Å². The first-order chi connectivity index (χ1) is 19.7. The fourth-order valence-electron chi connectivity index (χ4n) is 5.75. The van der Waals surface area contributed by atoms with E-state index in [1.807, 2.05) is 0 Å². The Balaban J connectivity index is 1.31. The number of benzene rings is 3. The van der Waals surface area contributed by atoms with Crippen LogP contribution in [0.1, 0.15) is 72.9 Å². The van der Waals surface area contributed by atoms with Crippen molar-refractivity contribution in [2.24, 2.45) is 0 Å². The molecule has 2 aliphatic rings. The summed E-state index contributed by atoms with van der Waals surface area (Å²) in [6, 6.07) is 14.9. The number of nitrogens with one attached hydrogen (secondary N) is 2. The number of piperidine rings is 1. The largest absolute Gasteiger partial charge is 0.349 e. The van der Waals surface area contributed by atoms with Crippen molar-refractivity contribution >= 4 is 39.1 Å². The molecule has 1 aliphatic carbocycles. The summed E-state index contributed by atoms with van der Waals surface area (Å²) in [6.45, 7) is 3.22. The van der Waals surface area contributed by atoms with E-state index >= 15 is 0 Å². The Morgan fingerprint density at radius 1 is 0.951 bits per heavy atom. The standard InChI is InChI=1S/C31H34Cl2FN3O3S/c32-27-14-12-25(18-28(27)33)41(39,40)36-30(22-8-10-24(34)11-9-22)19-31(38)35-29-6-4-5-23-17-21(7-13-26(23)29)20-37-15-2-1-3-16-37/h7-14,17-18,29-30,36H,1-6,15-16,19-20H2,(H,35,38). The van der Waals surface area contributed by atoms with E-state index in [1.165, 1.54) is 72.9 Å². The van der Waals surface area contributed by atoms with Crippen molar-refractivity contribution in [3.63, 3.8) is 0 Å². The predicted molar refractivity (Wildman–Crippen MR) is 160 cm³/mol. The minimum Gasteiger partial charge on any atom is -0.349 e. The van der Waals surface area contributed by atoms with Gasteiger partial charge in [0.05, 0.1) is 27.0 Å². The molecule has 5 rings (SSSR count). The number of carbonyl (C=O) groups is 1. The number of aryl methyl sites for hydroxylation is 1. The molecule has 2 unspecified atom stereocenters. The molecule has 0 saturated carbocycles. The lowest BCUT2D eigenvalue weighted by Gasteiger charge is -2.29. The summed E-state index contributed by atoms with van der Waals surface area (Å²) in [5.41, 5.74) is 4.13. The fourth-order valence-corrected chi connectivity index (χ4v) is 7.37. The van der Waals surface area contributed by atoms with Crippen molar-refractivity contribution < 1.29 is 17.6 Å². The maximum Gasteiger partial charge on any atom is 0.241 e. The number of carbonyl (C=O) groups excluding carboxylic acids is 1. The average Bonchev–Trinajstić information content (AvgIpc) is 2.95. The molecule has 0 spiro atoms. The summed E-state index contributed by atoms with van der Waals surface area (Å²) in [5.74, 6) is -0.755. The maximum absolute atomic E-state index is 13.7. The molecule has 41 heavy (non-hydrogen) atoms. The molecular formula is C31H34Cl2FN3O3S. The summed E-state index contributed by atoms with van der Waals surface area (Å²) in [6.07, 6.45) is 6.38. The number of amides is 1. The quantitative estimate of drug-likeness (QED) is 0.279. The van der Waals surface area contributed by atoms with Gasteiger partial charge in [0.2, 0.25) is 15.9 Å². The third-order valence-electron chi connectivity index (χ3n) is 7.87. The number of fused-ring (bicyclic) bond motifs is 1. The van der Waals surface area contributed by atoms with Gasteiger partial charge in [-0.1, -0.05) is 60.0 Å². The van der Waals surface area contributed by atoms with Crippen LogP contribution in [0.5, 0.6) is 0 Å². The smallest absolute Gasteiger partial charge is 0.241 e. The van der Waals surface area contributed by atoms with Crippen molar-refractivity contribution in [1.82, 2.24) is 14.9 Å². The van der Waals surface area contributed by atoms with E-state index < -0.39 is 21.9 Å². The van der Waals surface area contributed by atoms with Crippen LogP contribution in [-0.2, 0) is 27.8 Å². The predicted octanol–water partition coefficient (Wildman–Crippen LogP) is 6.72. The van der Waals surface area contributed by atoms with Gasteiger partial charge in [-0.05, 0) is 97.8 Å². The van der Waals surface area contributed by atoms with E-state index in [-0.39, 0.29) is 33.3 Å². The highest BCUT2D eigenvalue weighted by Gasteiger charge is 2.27. The molecule has 1 saturated heterocycles. The van der Waals surface area contributed by atoms with Gasteiger partial charge in [0.25, 0.3) is 0 Å². The first-order valence-corrected chi connectivity index (χ1v) is 16.3. The minimum absolute atomic E-state index is 0.0824.